The fraction of sp³-hybridized carbons (Fsp3) is 0.333. The van der Waals surface area contributed by atoms with E-state index in [1.807, 2.05) is 19.1 Å². The van der Waals surface area contributed by atoms with Crippen molar-refractivity contribution in [2.45, 2.75) is 20.3 Å². The Labute approximate surface area is 104 Å². The van der Waals surface area contributed by atoms with Crippen LogP contribution in [0, 0.1) is 6.92 Å². The van der Waals surface area contributed by atoms with Crippen LogP contribution in [0.1, 0.15) is 18.4 Å². The van der Waals surface area contributed by atoms with Crippen molar-refractivity contribution in [2.75, 3.05) is 6.61 Å². The second-order valence-corrected chi connectivity index (χ2v) is 3.66. The highest BCUT2D eigenvalue weighted by atomic mass is 16.5. The Morgan fingerprint density at radius 3 is 3.06 bits per heavy atom. The quantitative estimate of drug-likeness (QED) is 0.763. The molecule has 2 aromatic heterocycles. The van der Waals surface area contributed by atoms with Crippen molar-refractivity contribution < 1.29 is 14.1 Å². The molecule has 0 atom stereocenters. The van der Waals surface area contributed by atoms with Crippen LogP contribution in [0.4, 0.5) is 0 Å². The van der Waals surface area contributed by atoms with Gasteiger partial charge < -0.3 is 9.26 Å². The molecule has 0 N–H and O–H groups in total. The molecule has 0 saturated carbocycles. The van der Waals surface area contributed by atoms with E-state index in [1.165, 1.54) is 0 Å². The SMILES string of the molecule is CCOC(=O)Cc1nc(-c2ncccc2C)no1. The molecule has 2 rings (SSSR count). The minimum absolute atomic E-state index is 0.0211. The molecular formula is C12H13N3O3. The van der Waals surface area contributed by atoms with Gasteiger partial charge in [0.2, 0.25) is 11.7 Å². The summed E-state index contributed by atoms with van der Waals surface area (Å²) >= 11 is 0. The van der Waals surface area contributed by atoms with Crippen LogP contribution in [0.15, 0.2) is 22.9 Å². The van der Waals surface area contributed by atoms with Crippen molar-refractivity contribution in [3.05, 3.63) is 29.8 Å². The number of esters is 1. The Morgan fingerprint density at radius 2 is 2.33 bits per heavy atom. The van der Waals surface area contributed by atoms with E-state index < -0.39 is 0 Å². The molecule has 0 aliphatic heterocycles. The number of rotatable bonds is 4. The fourth-order valence-corrected chi connectivity index (χ4v) is 1.48. The Morgan fingerprint density at radius 1 is 1.50 bits per heavy atom. The molecule has 0 aliphatic carbocycles. The molecule has 0 radical (unpaired) electrons. The number of hydrogen-bond donors (Lipinski definition) is 0. The molecular weight excluding hydrogens is 234 g/mol. The normalized spacial score (nSPS) is 10.3. The summed E-state index contributed by atoms with van der Waals surface area (Å²) in [6.07, 6.45) is 1.64. The van der Waals surface area contributed by atoms with Gasteiger partial charge in [0.1, 0.15) is 12.1 Å². The highest BCUT2D eigenvalue weighted by Crippen LogP contribution is 2.16. The Hall–Kier alpha value is -2.24. The topological polar surface area (TPSA) is 78.1 Å². The molecule has 18 heavy (non-hydrogen) atoms. The Kier molecular flexibility index (Phi) is 3.66. The molecule has 2 heterocycles. The maximum Gasteiger partial charge on any atom is 0.315 e. The molecule has 94 valence electrons. The average Bonchev–Trinajstić information content (AvgIpc) is 2.78. The number of pyridine rings is 1. The fourth-order valence-electron chi connectivity index (χ4n) is 1.48. The molecule has 0 aromatic carbocycles. The second kappa shape index (κ2) is 5.39. The molecule has 0 amide bonds. The van der Waals surface area contributed by atoms with E-state index in [-0.39, 0.29) is 18.3 Å². The van der Waals surface area contributed by atoms with Gasteiger partial charge in [-0.2, -0.15) is 4.98 Å². The van der Waals surface area contributed by atoms with E-state index >= 15 is 0 Å². The predicted molar refractivity (Wildman–Crippen MR) is 62.6 cm³/mol. The molecule has 6 nitrogen and oxygen atoms in total. The van der Waals surface area contributed by atoms with Crippen LogP contribution in [-0.4, -0.2) is 27.7 Å². The average molecular weight is 247 g/mol. The Balaban J connectivity index is 2.16. The van der Waals surface area contributed by atoms with Gasteiger partial charge in [0.15, 0.2) is 0 Å². The molecule has 0 unspecified atom stereocenters. The van der Waals surface area contributed by atoms with Crippen molar-refractivity contribution in [1.29, 1.82) is 0 Å². The van der Waals surface area contributed by atoms with E-state index in [9.17, 15) is 4.79 Å². The first-order valence-corrected chi connectivity index (χ1v) is 5.61. The number of carbonyl (C=O) groups excluding carboxylic acids is 1. The zero-order valence-corrected chi connectivity index (χ0v) is 10.2. The summed E-state index contributed by atoms with van der Waals surface area (Å²) in [6, 6.07) is 3.74. The third-order valence-corrected chi connectivity index (χ3v) is 2.29. The zero-order chi connectivity index (χ0) is 13.0. The molecule has 0 saturated heterocycles. The number of ether oxygens (including phenoxy) is 1. The lowest BCUT2D eigenvalue weighted by molar-refractivity contribution is -0.142. The maximum absolute atomic E-state index is 11.3. The lowest BCUT2D eigenvalue weighted by Gasteiger charge is -1.97. The standard InChI is InChI=1S/C12H13N3O3/c1-3-17-10(16)7-9-14-12(15-18-9)11-8(2)5-4-6-13-11/h4-6H,3,7H2,1-2H3. The van der Waals surface area contributed by atoms with Gasteiger partial charge >= 0.3 is 5.97 Å². The number of aryl methyl sites for hydroxylation is 1. The van der Waals surface area contributed by atoms with Gasteiger partial charge in [-0.1, -0.05) is 11.2 Å². The van der Waals surface area contributed by atoms with Crippen LogP contribution in [0.25, 0.3) is 11.5 Å². The first-order valence-electron chi connectivity index (χ1n) is 5.61. The number of hydrogen-bond acceptors (Lipinski definition) is 6. The lowest BCUT2D eigenvalue weighted by Crippen LogP contribution is -2.07. The van der Waals surface area contributed by atoms with Crippen LogP contribution in [-0.2, 0) is 16.0 Å². The van der Waals surface area contributed by atoms with Crippen molar-refractivity contribution in [3.63, 3.8) is 0 Å². The summed E-state index contributed by atoms with van der Waals surface area (Å²) in [4.78, 5) is 19.6. The second-order valence-electron chi connectivity index (χ2n) is 3.66. The summed E-state index contributed by atoms with van der Waals surface area (Å²) < 4.78 is 9.79. The molecule has 0 aliphatic rings. The lowest BCUT2D eigenvalue weighted by atomic mass is 10.2. The highest BCUT2D eigenvalue weighted by molar-refractivity contribution is 5.71. The first kappa shape index (κ1) is 12.2. The van der Waals surface area contributed by atoms with Crippen LogP contribution in [0.5, 0.6) is 0 Å². The van der Waals surface area contributed by atoms with Gasteiger partial charge in [-0.05, 0) is 25.5 Å². The third-order valence-electron chi connectivity index (χ3n) is 2.29. The summed E-state index contributed by atoms with van der Waals surface area (Å²) in [5.74, 6) is 0.228. The smallest absolute Gasteiger partial charge is 0.315 e. The largest absolute Gasteiger partial charge is 0.466 e. The van der Waals surface area contributed by atoms with Crippen LogP contribution in [0.3, 0.4) is 0 Å². The highest BCUT2D eigenvalue weighted by Gasteiger charge is 2.14. The van der Waals surface area contributed by atoms with Crippen LogP contribution in [0.2, 0.25) is 0 Å². The molecule has 2 aromatic rings. The Bertz CT molecular complexity index is 551. The third kappa shape index (κ3) is 2.71. The van der Waals surface area contributed by atoms with E-state index in [0.29, 0.717) is 18.1 Å². The molecule has 0 spiro atoms. The molecule has 0 fully saturated rings. The van der Waals surface area contributed by atoms with Gasteiger partial charge in [0.05, 0.1) is 6.61 Å². The zero-order valence-electron chi connectivity index (χ0n) is 10.2. The van der Waals surface area contributed by atoms with E-state index in [2.05, 4.69) is 15.1 Å². The monoisotopic (exact) mass is 247 g/mol. The van der Waals surface area contributed by atoms with Crippen molar-refractivity contribution >= 4 is 5.97 Å². The first-order chi connectivity index (χ1) is 8.70. The van der Waals surface area contributed by atoms with E-state index in [1.54, 1.807) is 13.1 Å². The van der Waals surface area contributed by atoms with Crippen molar-refractivity contribution in [3.8, 4) is 11.5 Å². The van der Waals surface area contributed by atoms with Gasteiger partial charge in [0.25, 0.3) is 0 Å². The molecule has 0 bridgehead atoms. The van der Waals surface area contributed by atoms with Crippen molar-refractivity contribution in [1.82, 2.24) is 15.1 Å². The van der Waals surface area contributed by atoms with E-state index in [0.717, 1.165) is 5.56 Å². The summed E-state index contributed by atoms with van der Waals surface area (Å²) in [7, 11) is 0. The number of carbonyl (C=O) groups is 1. The van der Waals surface area contributed by atoms with Crippen LogP contribution >= 0.6 is 0 Å². The van der Waals surface area contributed by atoms with Gasteiger partial charge in [-0.25, -0.2) is 0 Å². The summed E-state index contributed by atoms with van der Waals surface area (Å²) in [6.45, 7) is 3.98. The minimum Gasteiger partial charge on any atom is -0.466 e. The summed E-state index contributed by atoms with van der Waals surface area (Å²) in [5, 5.41) is 3.80. The maximum atomic E-state index is 11.3. The summed E-state index contributed by atoms with van der Waals surface area (Å²) in [5.41, 5.74) is 1.59. The van der Waals surface area contributed by atoms with Gasteiger partial charge in [0, 0.05) is 6.20 Å². The van der Waals surface area contributed by atoms with Crippen LogP contribution < -0.4 is 0 Å². The number of aromatic nitrogens is 3. The van der Waals surface area contributed by atoms with Crippen molar-refractivity contribution in [2.24, 2.45) is 0 Å². The van der Waals surface area contributed by atoms with Gasteiger partial charge in [-0.3, -0.25) is 9.78 Å². The van der Waals surface area contributed by atoms with E-state index in [4.69, 9.17) is 9.26 Å². The van der Waals surface area contributed by atoms with Gasteiger partial charge in [-0.15, -0.1) is 0 Å². The predicted octanol–water partition coefficient (Wildman–Crippen LogP) is 1.55. The molecule has 6 heteroatoms. The minimum atomic E-state index is -0.384. The number of nitrogens with zero attached hydrogens (tertiary/aromatic N) is 3.